The number of hydrogen-bond donors (Lipinski definition) is 2. The molecule has 2 nitrogen and oxygen atoms in total. The van der Waals surface area contributed by atoms with Gasteiger partial charge in [0, 0.05) is 6.04 Å². The molecule has 12 heavy (non-hydrogen) atoms. The summed E-state index contributed by atoms with van der Waals surface area (Å²) in [6.07, 6.45) is 0. The Bertz CT molecular complexity index is 239. The van der Waals surface area contributed by atoms with E-state index in [1.807, 2.05) is 44.2 Å². The Morgan fingerprint density at radius 1 is 1.25 bits per heavy atom. The van der Waals surface area contributed by atoms with Gasteiger partial charge in [-0.3, -0.25) is 0 Å². The molecule has 0 unspecified atom stereocenters. The molecule has 2 atom stereocenters. The van der Waals surface area contributed by atoms with Crippen molar-refractivity contribution in [3.63, 3.8) is 0 Å². The van der Waals surface area contributed by atoms with E-state index in [1.165, 1.54) is 0 Å². The molecule has 0 aliphatic carbocycles. The molecule has 0 fully saturated rings. The lowest BCUT2D eigenvalue weighted by Crippen LogP contribution is -2.48. The maximum atomic E-state index is 6.06. The van der Waals surface area contributed by atoms with Crippen molar-refractivity contribution in [3.8, 4) is 0 Å². The lowest BCUT2D eigenvalue weighted by Gasteiger charge is -2.29. The van der Waals surface area contributed by atoms with E-state index in [4.69, 9.17) is 11.5 Å². The van der Waals surface area contributed by atoms with Crippen molar-refractivity contribution in [2.75, 3.05) is 0 Å². The summed E-state index contributed by atoms with van der Waals surface area (Å²) in [7, 11) is 0. The van der Waals surface area contributed by atoms with Crippen molar-refractivity contribution >= 4 is 0 Å². The van der Waals surface area contributed by atoms with E-state index in [-0.39, 0.29) is 6.04 Å². The average Bonchev–Trinajstić information content (AvgIpc) is 2.06. The fraction of sp³-hybridized carbons (Fsp3) is 0.400. The zero-order valence-corrected chi connectivity index (χ0v) is 7.62. The number of benzene rings is 1. The minimum absolute atomic E-state index is 0.0418. The Balaban J connectivity index is 2.98. The fourth-order valence-corrected chi connectivity index (χ4v) is 1.06. The van der Waals surface area contributed by atoms with Crippen LogP contribution in [0.1, 0.15) is 19.4 Å². The Morgan fingerprint density at radius 2 is 1.75 bits per heavy atom. The molecule has 4 N–H and O–H groups in total. The third kappa shape index (κ3) is 1.65. The van der Waals surface area contributed by atoms with Gasteiger partial charge in [0.25, 0.3) is 0 Å². The SMILES string of the molecule is C[C@@H](N)[C@@](C)(N)c1ccccc1. The normalized spacial score (nSPS) is 18.3. The molecule has 0 saturated heterocycles. The van der Waals surface area contributed by atoms with E-state index >= 15 is 0 Å². The van der Waals surface area contributed by atoms with Gasteiger partial charge in [-0.25, -0.2) is 0 Å². The van der Waals surface area contributed by atoms with Crippen LogP contribution in [0.2, 0.25) is 0 Å². The van der Waals surface area contributed by atoms with Crippen LogP contribution in [-0.2, 0) is 5.54 Å². The minimum Gasteiger partial charge on any atom is -0.326 e. The highest BCUT2D eigenvalue weighted by atomic mass is 14.8. The molecule has 0 amide bonds. The summed E-state index contributed by atoms with van der Waals surface area (Å²) < 4.78 is 0. The lowest BCUT2D eigenvalue weighted by atomic mass is 9.87. The highest BCUT2D eigenvalue weighted by Gasteiger charge is 2.24. The topological polar surface area (TPSA) is 52.0 Å². The van der Waals surface area contributed by atoms with Crippen molar-refractivity contribution in [2.24, 2.45) is 11.5 Å². The van der Waals surface area contributed by atoms with Crippen LogP contribution in [0.15, 0.2) is 30.3 Å². The van der Waals surface area contributed by atoms with Crippen molar-refractivity contribution < 1.29 is 0 Å². The predicted octanol–water partition coefficient (Wildman–Crippen LogP) is 1.21. The van der Waals surface area contributed by atoms with Crippen LogP contribution >= 0.6 is 0 Å². The Morgan fingerprint density at radius 3 is 2.17 bits per heavy atom. The highest BCUT2D eigenvalue weighted by Crippen LogP contribution is 2.19. The zero-order chi connectivity index (χ0) is 9.19. The van der Waals surface area contributed by atoms with Crippen molar-refractivity contribution in [1.29, 1.82) is 0 Å². The molecule has 2 heteroatoms. The third-order valence-electron chi connectivity index (χ3n) is 2.34. The van der Waals surface area contributed by atoms with Crippen LogP contribution in [0.3, 0.4) is 0 Å². The zero-order valence-electron chi connectivity index (χ0n) is 7.62. The molecule has 1 aromatic carbocycles. The molecule has 0 aliphatic heterocycles. The summed E-state index contributed by atoms with van der Waals surface area (Å²) in [5.41, 5.74) is 12.5. The maximum Gasteiger partial charge on any atom is 0.0531 e. The summed E-state index contributed by atoms with van der Waals surface area (Å²) >= 11 is 0. The maximum absolute atomic E-state index is 6.06. The van der Waals surface area contributed by atoms with Crippen LogP contribution in [0.4, 0.5) is 0 Å². The van der Waals surface area contributed by atoms with Gasteiger partial charge in [0.1, 0.15) is 0 Å². The summed E-state index contributed by atoms with van der Waals surface area (Å²) in [5.74, 6) is 0. The molecule has 1 aromatic rings. The highest BCUT2D eigenvalue weighted by molar-refractivity contribution is 5.24. The van der Waals surface area contributed by atoms with Gasteiger partial charge < -0.3 is 11.5 Å². The molecule has 0 bridgehead atoms. The predicted molar refractivity (Wildman–Crippen MR) is 51.6 cm³/mol. The number of hydrogen-bond acceptors (Lipinski definition) is 2. The van der Waals surface area contributed by atoms with Gasteiger partial charge >= 0.3 is 0 Å². The summed E-state index contributed by atoms with van der Waals surface area (Å²) in [5, 5.41) is 0. The van der Waals surface area contributed by atoms with Crippen LogP contribution in [0, 0.1) is 0 Å². The average molecular weight is 164 g/mol. The van der Waals surface area contributed by atoms with Gasteiger partial charge in [0.2, 0.25) is 0 Å². The van der Waals surface area contributed by atoms with Gasteiger partial charge in [-0.2, -0.15) is 0 Å². The molecule has 0 aromatic heterocycles. The standard InChI is InChI=1S/C10H16N2/c1-8(11)10(2,12)9-6-4-3-5-7-9/h3-8H,11-12H2,1-2H3/t8-,10-/m1/s1. The molecule has 0 heterocycles. The Kier molecular flexibility index (Phi) is 2.50. The van der Waals surface area contributed by atoms with Crippen molar-refractivity contribution in [3.05, 3.63) is 35.9 Å². The van der Waals surface area contributed by atoms with Crippen LogP contribution in [0.5, 0.6) is 0 Å². The number of rotatable bonds is 2. The van der Waals surface area contributed by atoms with Crippen LogP contribution in [-0.4, -0.2) is 6.04 Å². The van der Waals surface area contributed by atoms with Gasteiger partial charge in [-0.05, 0) is 19.4 Å². The van der Waals surface area contributed by atoms with Crippen LogP contribution in [0.25, 0.3) is 0 Å². The first-order valence-electron chi connectivity index (χ1n) is 4.15. The molecule has 0 spiro atoms. The van der Waals surface area contributed by atoms with Crippen molar-refractivity contribution in [2.45, 2.75) is 25.4 Å². The Labute approximate surface area is 73.6 Å². The van der Waals surface area contributed by atoms with Gasteiger partial charge in [-0.1, -0.05) is 30.3 Å². The summed E-state index contributed by atoms with van der Waals surface area (Å²) in [6, 6.07) is 9.89. The molecule has 0 radical (unpaired) electrons. The largest absolute Gasteiger partial charge is 0.326 e. The first kappa shape index (κ1) is 9.23. The summed E-state index contributed by atoms with van der Waals surface area (Å²) in [4.78, 5) is 0. The first-order valence-corrected chi connectivity index (χ1v) is 4.15. The van der Waals surface area contributed by atoms with E-state index in [9.17, 15) is 0 Å². The molecular formula is C10H16N2. The van der Waals surface area contributed by atoms with E-state index in [0.717, 1.165) is 5.56 Å². The lowest BCUT2D eigenvalue weighted by molar-refractivity contribution is 0.410. The first-order chi connectivity index (χ1) is 5.55. The van der Waals surface area contributed by atoms with E-state index in [0.29, 0.717) is 0 Å². The smallest absolute Gasteiger partial charge is 0.0531 e. The monoisotopic (exact) mass is 164 g/mol. The fourth-order valence-electron chi connectivity index (χ4n) is 1.06. The van der Waals surface area contributed by atoms with Gasteiger partial charge in [0.05, 0.1) is 5.54 Å². The molecule has 1 rings (SSSR count). The van der Waals surface area contributed by atoms with E-state index in [2.05, 4.69) is 0 Å². The van der Waals surface area contributed by atoms with Crippen LogP contribution < -0.4 is 11.5 Å². The second-order valence-electron chi connectivity index (χ2n) is 3.44. The Hall–Kier alpha value is -0.860. The molecule has 0 saturated carbocycles. The molecule has 66 valence electrons. The van der Waals surface area contributed by atoms with E-state index in [1.54, 1.807) is 0 Å². The molecule has 0 aliphatic rings. The molecular weight excluding hydrogens is 148 g/mol. The quantitative estimate of drug-likeness (QED) is 0.690. The van der Waals surface area contributed by atoms with Gasteiger partial charge in [-0.15, -0.1) is 0 Å². The number of nitrogens with two attached hydrogens (primary N) is 2. The van der Waals surface area contributed by atoms with Crippen molar-refractivity contribution in [1.82, 2.24) is 0 Å². The third-order valence-corrected chi connectivity index (χ3v) is 2.34. The second-order valence-corrected chi connectivity index (χ2v) is 3.44. The van der Waals surface area contributed by atoms with E-state index < -0.39 is 5.54 Å². The second kappa shape index (κ2) is 3.25. The minimum atomic E-state index is -0.429. The van der Waals surface area contributed by atoms with Gasteiger partial charge in [0.15, 0.2) is 0 Å². The summed E-state index contributed by atoms with van der Waals surface area (Å²) in [6.45, 7) is 3.88.